The molecule has 0 nitrogen and oxygen atoms in total. The van der Waals surface area contributed by atoms with E-state index >= 15 is 0 Å². The second-order valence-electron chi connectivity index (χ2n) is 1.35. The lowest BCUT2D eigenvalue weighted by atomic mass is 9.73. The molecule has 0 aromatic rings. The van der Waals surface area contributed by atoms with Crippen molar-refractivity contribution in [3.05, 3.63) is 0 Å². The van der Waals surface area contributed by atoms with E-state index < -0.39 is 0 Å². The quantitative estimate of drug-likeness (QED) is 0.429. The van der Waals surface area contributed by atoms with Gasteiger partial charge in [0.2, 0.25) is 0 Å². The standard InChI is InChI=1S/C4H11B/c1-3-5-4-2/h5H,3-4H2,1-2H3. The average Bonchev–Trinajstić information content (AvgIpc) is 1.41. The van der Waals surface area contributed by atoms with E-state index in [0.29, 0.717) is 0 Å². The normalized spacial score (nSPS) is 7.60. The monoisotopic (exact) mass is 70.1 g/mol. The largest absolute Gasteiger partial charge is 0.120 e. The molecule has 5 heavy (non-hydrogen) atoms. The van der Waals surface area contributed by atoms with Crippen molar-refractivity contribution >= 4 is 7.28 Å². The maximum Gasteiger partial charge on any atom is 0.120 e. The molecule has 30 valence electrons. The van der Waals surface area contributed by atoms with Gasteiger partial charge in [-0.1, -0.05) is 26.5 Å². The van der Waals surface area contributed by atoms with Gasteiger partial charge >= 0.3 is 0 Å². The van der Waals surface area contributed by atoms with Gasteiger partial charge in [-0.25, -0.2) is 0 Å². The van der Waals surface area contributed by atoms with E-state index in [1.807, 2.05) is 0 Å². The first-order valence-corrected chi connectivity index (χ1v) is 2.41. The minimum atomic E-state index is 1.34. The van der Waals surface area contributed by atoms with Gasteiger partial charge in [0.25, 0.3) is 0 Å². The zero-order valence-corrected chi connectivity index (χ0v) is 4.12. The highest BCUT2D eigenvalue weighted by atomic mass is 13.5. The van der Waals surface area contributed by atoms with E-state index in [9.17, 15) is 0 Å². The first-order chi connectivity index (χ1) is 2.41. The summed E-state index contributed by atoms with van der Waals surface area (Å²) >= 11 is 0. The van der Waals surface area contributed by atoms with Gasteiger partial charge in [0.1, 0.15) is 7.28 Å². The minimum absolute atomic E-state index is 1.34. The van der Waals surface area contributed by atoms with Crippen LogP contribution in [-0.4, -0.2) is 7.28 Å². The molecule has 0 bridgehead atoms. The van der Waals surface area contributed by atoms with Gasteiger partial charge in [-0.3, -0.25) is 0 Å². The Balaban J connectivity index is 2.19. The van der Waals surface area contributed by atoms with Crippen LogP contribution in [0.2, 0.25) is 12.6 Å². The second kappa shape index (κ2) is 4.06. The molecular formula is C4H11B. The van der Waals surface area contributed by atoms with Gasteiger partial charge in [-0.05, 0) is 0 Å². The fourth-order valence-electron chi connectivity index (χ4n) is 0.354. The van der Waals surface area contributed by atoms with Crippen LogP contribution >= 0.6 is 0 Å². The molecule has 0 aromatic heterocycles. The summed E-state index contributed by atoms with van der Waals surface area (Å²) in [4.78, 5) is 0. The van der Waals surface area contributed by atoms with Gasteiger partial charge in [-0.2, -0.15) is 0 Å². The third-order valence-corrected chi connectivity index (χ3v) is 0.707. The van der Waals surface area contributed by atoms with Gasteiger partial charge in [0, 0.05) is 0 Å². The van der Waals surface area contributed by atoms with Crippen molar-refractivity contribution < 1.29 is 0 Å². The molecule has 0 aromatic carbocycles. The molecule has 0 saturated heterocycles. The van der Waals surface area contributed by atoms with Crippen LogP contribution in [0.5, 0.6) is 0 Å². The van der Waals surface area contributed by atoms with Gasteiger partial charge in [0.15, 0.2) is 0 Å². The van der Waals surface area contributed by atoms with Crippen molar-refractivity contribution in [2.75, 3.05) is 0 Å². The third-order valence-electron chi connectivity index (χ3n) is 0.707. The topological polar surface area (TPSA) is 0 Å². The molecule has 0 atom stereocenters. The van der Waals surface area contributed by atoms with E-state index in [1.165, 1.54) is 19.9 Å². The summed E-state index contributed by atoms with van der Waals surface area (Å²) in [6.07, 6.45) is 2.69. The Labute approximate surface area is 34.8 Å². The van der Waals surface area contributed by atoms with Gasteiger partial charge < -0.3 is 0 Å². The maximum absolute atomic E-state index is 2.21. The summed E-state index contributed by atoms with van der Waals surface area (Å²) in [6, 6.07) is 0. The Hall–Kier alpha value is 0.0649. The highest BCUT2D eigenvalue weighted by Gasteiger charge is 1.73. The zero-order valence-electron chi connectivity index (χ0n) is 4.12. The second-order valence-corrected chi connectivity index (χ2v) is 1.35. The number of hydrogen-bond acceptors (Lipinski definition) is 0. The summed E-state index contributed by atoms with van der Waals surface area (Å²) in [7, 11) is 1.39. The lowest BCUT2D eigenvalue weighted by Crippen LogP contribution is -1.76. The Morgan fingerprint density at radius 3 is 1.60 bits per heavy atom. The maximum atomic E-state index is 2.21. The molecule has 0 aliphatic heterocycles. The van der Waals surface area contributed by atoms with E-state index in [4.69, 9.17) is 0 Å². The molecule has 1 heteroatoms. The van der Waals surface area contributed by atoms with Gasteiger partial charge in [0.05, 0.1) is 0 Å². The SMILES string of the molecule is CCBCC. The van der Waals surface area contributed by atoms with Gasteiger partial charge in [-0.15, -0.1) is 0 Å². The van der Waals surface area contributed by atoms with Crippen molar-refractivity contribution in [2.24, 2.45) is 0 Å². The molecule has 0 N–H and O–H groups in total. The van der Waals surface area contributed by atoms with Crippen LogP contribution in [0.25, 0.3) is 0 Å². The summed E-state index contributed by atoms with van der Waals surface area (Å²) < 4.78 is 0. The Morgan fingerprint density at radius 1 is 1.20 bits per heavy atom. The smallest absolute Gasteiger partial charge is 0.0803 e. The van der Waals surface area contributed by atoms with Crippen molar-refractivity contribution in [2.45, 2.75) is 26.5 Å². The van der Waals surface area contributed by atoms with Crippen molar-refractivity contribution in [3.8, 4) is 0 Å². The molecule has 0 aliphatic rings. The predicted octanol–water partition coefficient (Wildman–Crippen LogP) is 1.30. The molecular weight excluding hydrogens is 58.9 g/mol. The lowest BCUT2D eigenvalue weighted by molar-refractivity contribution is 1.36. The van der Waals surface area contributed by atoms with E-state index in [2.05, 4.69) is 13.8 Å². The van der Waals surface area contributed by atoms with E-state index in [0.717, 1.165) is 0 Å². The van der Waals surface area contributed by atoms with Crippen LogP contribution in [0.1, 0.15) is 13.8 Å². The van der Waals surface area contributed by atoms with Crippen molar-refractivity contribution in [1.29, 1.82) is 0 Å². The highest BCUT2D eigenvalue weighted by Crippen LogP contribution is 1.77. The van der Waals surface area contributed by atoms with E-state index in [-0.39, 0.29) is 0 Å². The Morgan fingerprint density at radius 2 is 1.60 bits per heavy atom. The summed E-state index contributed by atoms with van der Waals surface area (Å²) in [5, 5.41) is 0. The first-order valence-electron chi connectivity index (χ1n) is 2.41. The molecule has 0 amide bonds. The van der Waals surface area contributed by atoms with Crippen LogP contribution < -0.4 is 0 Å². The van der Waals surface area contributed by atoms with Crippen LogP contribution in [-0.2, 0) is 0 Å². The lowest BCUT2D eigenvalue weighted by Gasteiger charge is -1.75. The number of rotatable bonds is 2. The molecule has 0 rings (SSSR count). The van der Waals surface area contributed by atoms with Crippen LogP contribution in [0.3, 0.4) is 0 Å². The average molecular weight is 69.9 g/mol. The van der Waals surface area contributed by atoms with Crippen molar-refractivity contribution in [3.63, 3.8) is 0 Å². The van der Waals surface area contributed by atoms with Crippen LogP contribution in [0, 0.1) is 0 Å². The third kappa shape index (κ3) is 4.06. The Kier molecular flexibility index (Phi) is 4.12. The van der Waals surface area contributed by atoms with Crippen LogP contribution in [0.15, 0.2) is 0 Å². The zero-order chi connectivity index (χ0) is 4.12. The molecule has 0 heterocycles. The fraction of sp³-hybridized carbons (Fsp3) is 1.00. The molecule has 0 unspecified atom stereocenters. The fourth-order valence-corrected chi connectivity index (χ4v) is 0.354. The number of hydrogen-bond donors (Lipinski definition) is 0. The molecule has 0 aliphatic carbocycles. The van der Waals surface area contributed by atoms with Crippen molar-refractivity contribution in [1.82, 2.24) is 0 Å². The highest BCUT2D eigenvalue weighted by molar-refractivity contribution is 6.34. The van der Waals surface area contributed by atoms with Crippen LogP contribution in [0.4, 0.5) is 0 Å². The Bertz CT molecular complexity index is 11.1. The van der Waals surface area contributed by atoms with E-state index in [1.54, 1.807) is 0 Å². The molecule has 0 radical (unpaired) electrons. The molecule has 0 saturated carbocycles. The summed E-state index contributed by atoms with van der Waals surface area (Å²) in [5.74, 6) is 0. The molecule has 0 fully saturated rings. The minimum Gasteiger partial charge on any atom is -0.0803 e. The molecule has 0 spiro atoms. The predicted molar refractivity (Wildman–Crippen MR) is 28.1 cm³/mol. The summed E-state index contributed by atoms with van der Waals surface area (Å²) in [6.45, 7) is 4.42. The summed E-state index contributed by atoms with van der Waals surface area (Å²) in [5.41, 5.74) is 0. The first kappa shape index (κ1) is 5.06.